The number of morpholine rings is 1. The Bertz CT molecular complexity index is 812. The molecule has 1 unspecified atom stereocenters. The number of piperidine rings is 1. The van der Waals surface area contributed by atoms with Crippen molar-refractivity contribution in [2.75, 3.05) is 44.3 Å². The van der Waals surface area contributed by atoms with Crippen LogP contribution in [0.1, 0.15) is 25.0 Å². The van der Waals surface area contributed by atoms with Crippen LogP contribution in [0, 0.1) is 0 Å². The van der Waals surface area contributed by atoms with Crippen LogP contribution in [-0.2, 0) is 10.9 Å². The lowest BCUT2D eigenvalue weighted by Gasteiger charge is -2.40. The Labute approximate surface area is 167 Å². The van der Waals surface area contributed by atoms with E-state index >= 15 is 0 Å². The van der Waals surface area contributed by atoms with Crippen molar-refractivity contribution < 1.29 is 17.9 Å². The van der Waals surface area contributed by atoms with Gasteiger partial charge in [-0.2, -0.15) is 13.2 Å². The summed E-state index contributed by atoms with van der Waals surface area (Å²) in [4.78, 5) is 16.6. The van der Waals surface area contributed by atoms with E-state index in [0.717, 1.165) is 45.0 Å². The first kappa shape index (κ1) is 20.0. The summed E-state index contributed by atoms with van der Waals surface area (Å²) >= 11 is 0. The zero-order valence-corrected chi connectivity index (χ0v) is 16.1. The average molecular weight is 407 g/mol. The quantitative estimate of drug-likeness (QED) is 0.776. The van der Waals surface area contributed by atoms with Crippen LogP contribution >= 0.6 is 0 Å². The SMILES string of the molecule is FC(F)(F)c1cc(N2CCCCC2CN2CCOCC2)nc(-c2ccncc2)n1. The molecule has 0 N–H and O–H groups in total. The van der Waals surface area contributed by atoms with E-state index in [1.54, 1.807) is 12.1 Å². The van der Waals surface area contributed by atoms with Crippen LogP contribution in [0.5, 0.6) is 0 Å². The molecule has 4 rings (SSSR count). The number of anilines is 1. The Kier molecular flexibility index (Phi) is 5.96. The molecule has 0 saturated carbocycles. The monoisotopic (exact) mass is 407 g/mol. The first-order chi connectivity index (χ1) is 14.0. The van der Waals surface area contributed by atoms with Gasteiger partial charge in [-0.3, -0.25) is 9.88 Å². The van der Waals surface area contributed by atoms with E-state index < -0.39 is 11.9 Å². The number of halogens is 3. The Morgan fingerprint density at radius 3 is 2.52 bits per heavy atom. The van der Waals surface area contributed by atoms with Crippen molar-refractivity contribution in [2.45, 2.75) is 31.5 Å². The number of rotatable bonds is 4. The number of aromatic nitrogens is 3. The van der Waals surface area contributed by atoms with Gasteiger partial charge in [0.1, 0.15) is 5.82 Å². The molecule has 156 valence electrons. The molecular formula is C20H24F3N5O. The average Bonchev–Trinajstić information content (AvgIpc) is 2.74. The molecule has 2 aromatic rings. The number of nitrogens with zero attached hydrogens (tertiary/aromatic N) is 5. The topological polar surface area (TPSA) is 54.4 Å². The van der Waals surface area contributed by atoms with Crippen molar-refractivity contribution >= 4 is 5.82 Å². The Hall–Kier alpha value is -2.26. The lowest BCUT2D eigenvalue weighted by molar-refractivity contribution is -0.141. The number of hydrogen-bond acceptors (Lipinski definition) is 6. The highest BCUT2D eigenvalue weighted by atomic mass is 19.4. The molecule has 4 heterocycles. The maximum absolute atomic E-state index is 13.6. The van der Waals surface area contributed by atoms with E-state index in [2.05, 4.69) is 19.9 Å². The largest absolute Gasteiger partial charge is 0.433 e. The lowest BCUT2D eigenvalue weighted by atomic mass is 10.0. The van der Waals surface area contributed by atoms with Crippen molar-refractivity contribution in [3.8, 4) is 11.4 Å². The molecule has 29 heavy (non-hydrogen) atoms. The number of ether oxygens (including phenoxy) is 1. The van der Waals surface area contributed by atoms with Gasteiger partial charge >= 0.3 is 6.18 Å². The molecular weight excluding hydrogens is 383 g/mol. The first-order valence-corrected chi connectivity index (χ1v) is 9.94. The van der Waals surface area contributed by atoms with E-state index in [0.29, 0.717) is 31.1 Å². The van der Waals surface area contributed by atoms with Gasteiger partial charge in [0.15, 0.2) is 11.5 Å². The third-order valence-corrected chi connectivity index (χ3v) is 5.44. The summed E-state index contributed by atoms with van der Waals surface area (Å²) in [5.74, 6) is 0.421. The molecule has 9 heteroatoms. The molecule has 1 atom stereocenters. The summed E-state index contributed by atoms with van der Waals surface area (Å²) < 4.78 is 46.1. The van der Waals surface area contributed by atoms with Crippen LogP contribution in [0.3, 0.4) is 0 Å². The van der Waals surface area contributed by atoms with Crippen LogP contribution in [0.15, 0.2) is 30.6 Å². The van der Waals surface area contributed by atoms with Crippen molar-refractivity contribution in [3.05, 3.63) is 36.3 Å². The van der Waals surface area contributed by atoms with Gasteiger partial charge < -0.3 is 9.64 Å². The molecule has 2 aromatic heterocycles. The lowest BCUT2D eigenvalue weighted by Crippen LogP contribution is -2.49. The Balaban J connectivity index is 1.67. The molecule has 0 amide bonds. The number of pyridine rings is 1. The predicted octanol–water partition coefficient (Wildman–Crippen LogP) is 3.25. The van der Waals surface area contributed by atoms with Gasteiger partial charge in [-0.15, -0.1) is 0 Å². The van der Waals surface area contributed by atoms with Crippen molar-refractivity contribution in [2.24, 2.45) is 0 Å². The van der Waals surface area contributed by atoms with Crippen molar-refractivity contribution in [1.29, 1.82) is 0 Å². The van der Waals surface area contributed by atoms with Crippen LogP contribution < -0.4 is 4.90 Å². The summed E-state index contributed by atoms with van der Waals surface area (Å²) in [7, 11) is 0. The van der Waals surface area contributed by atoms with Crippen LogP contribution in [-0.4, -0.2) is 65.3 Å². The Morgan fingerprint density at radius 2 is 1.79 bits per heavy atom. The minimum atomic E-state index is -4.53. The van der Waals surface area contributed by atoms with Crippen LogP contribution in [0.25, 0.3) is 11.4 Å². The highest BCUT2D eigenvalue weighted by Gasteiger charge is 2.35. The minimum Gasteiger partial charge on any atom is -0.379 e. The molecule has 0 aliphatic carbocycles. The van der Waals surface area contributed by atoms with E-state index in [1.165, 1.54) is 12.4 Å². The van der Waals surface area contributed by atoms with Crippen molar-refractivity contribution in [1.82, 2.24) is 19.9 Å². The van der Waals surface area contributed by atoms with E-state index in [4.69, 9.17) is 4.74 Å². The smallest absolute Gasteiger partial charge is 0.379 e. The van der Waals surface area contributed by atoms with Gasteiger partial charge in [0.05, 0.1) is 13.2 Å². The third-order valence-electron chi connectivity index (χ3n) is 5.44. The zero-order chi connectivity index (χ0) is 20.3. The van der Waals surface area contributed by atoms with Gasteiger partial charge in [0.2, 0.25) is 0 Å². The summed E-state index contributed by atoms with van der Waals surface area (Å²) in [6, 6.07) is 4.46. The van der Waals surface area contributed by atoms with Crippen LogP contribution in [0.2, 0.25) is 0 Å². The summed E-state index contributed by atoms with van der Waals surface area (Å²) in [6.07, 6.45) is 1.47. The summed E-state index contributed by atoms with van der Waals surface area (Å²) in [5.41, 5.74) is -0.390. The van der Waals surface area contributed by atoms with Gasteiger partial charge in [0.25, 0.3) is 0 Å². The second-order valence-corrected chi connectivity index (χ2v) is 7.42. The normalized spacial score (nSPS) is 21.3. The van der Waals surface area contributed by atoms with Crippen LogP contribution in [0.4, 0.5) is 19.0 Å². The van der Waals surface area contributed by atoms with Gasteiger partial charge in [-0.05, 0) is 31.4 Å². The minimum absolute atomic E-state index is 0.0768. The first-order valence-electron chi connectivity index (χ1n) is 9.94. The maximum Gasteiger partial charge on any atom is 0.433 e. The fraction of sp³-hybridized carbons (Fsp3) is 0.550. The molecule has 2 fully saturated rings. The molecule has 2 aliphatic heterocycles. The maximum atomic E-state index is 13.6. The fourth-order valence-electron chi connectivity index (χ4n) is 3.93. The molecule has 0 aromatic carbocycles. The standard InChI is InChI=1S/C20H24F3N5O/c21-20(22,23)17-13-18(26-19(25-17)15-4-6-24-7-5-15)28-8-2-1-3-16(28)14-27-9-11-29-12-10-27/h4-7,13,16H,1-3,8-12,14H2. The second kappa shape index (κ2) is 8.62. The molecule has 6 nitrogen and oxygen atoms in total. The highest BCUT2D eigenvalue weighted by molar-refractivity contribution is 5.58. The summed E-state index contributed by atoms with van der Waals surface area (Å²) in [6.45, 7) is 4.60. The van der Waals surface area contributed by atoms with Gasteiger partial charge in [-0.25, -0.2) is 9.97 Å². The highest BCUT2D eigenvalue weighted by Crippen LogP contribution is 2.33. The van der Waals surface area contributed by atoms with Gasteiger partial charge in [0, 0.05) is 56.2 Å². The molecule has 2 saturated heterocycles. The Morgan fingerprint density at radius 1 is 1.03 bits per heavy atom. The summed E-state index contributed by atoms with van der Waals surface area (Å²) in [5, 5.41) is 0. The number of hydrogen-bond donors (Lipinski definition) is 0. The number of alkyl halides is 3. The molecule has 2 aliphatic rings. The molecule has 0 spiro atoms. The molecule has 0 radical (unpaired) electrons. The van der Waals surface area contributed by atoms with Crippen molar-refractivity contribution in [3.63, 3.8) is 0 Å². The predicted molar refractivity (Wildman–Crippen MR) is 103 cm³/mol. The zero-order valence-electron chi connectivity index (χ0n) is 16.1. The van der Waals surface area contributed by atoms with E-state index in [1.807, 2.05) is 4.90 Å². The third kappa shape index (κ3) is 4.84. The van der Waals surface area contributed by atoms with E-state index in [-0.39, 0.29) is 11.9 Å². The second-order valence-electron chi connectivity index (χ2n) is 7.42. The fourth-order valence-corrected chi connectivity index (χ4v) is 3.93. The van der Waals surface area contributed by atoms with Gasteiger partial charge in [-0.1, -0.05) is 0 Å². The molecule has 0 bridgehead atoms. The van der Waals surface area contributed by atoms with E-state index in [9.17, 15) is 13.2 Å².